The van der Waals surface area contributed by atoms with E-state index in [0.29, 0.717) is 5.92 Å². The van der Waals surface area contributed by atoms with Crippen LogP contribution in [0, 0.1) is 0 Å². The lowest BCUT2D eigenvalue weighted by Gasteiger charge is -2.32. The van der Waals surface area contributed by atoms with Gasteiger partial charge in [-0.15, -0.1) is 0 Å². The molecule has 0 aromatic heterocycles. The maximum Gasteiger partial charge on any atom is 0.0233 e. The Morgan fingerprint density at radius 2 is 1.83 bits per heavy atom. The largest absolute Gasteiger partial charge is 0.299 e. The van der Waals surface area contributed by atoms with Crippen LogP contribution in [0.3, 0.4) is 0 Å². The molecule has 1 heteroatoms. The normalized spacial score (nSPS) is 16.4. The first-order chi connectivity index (χ1) is 11.3. The monoisotopic (exact) mass is 305 g/mol. The topological polar surface area (TPSA) is 3.24 Å². The molecule has 1 saturated heterocycles. The third-order valence-corrected chi connectivity index (χ3v) is 5.08. The van der Waals surface area contributed by atoms with E-state index in [2.05, 4.69) is 66.9 Å². The number of nitrogens with zero attached hydrogens (tertiary/aromatic N) is 1. The third kappa shape index (κ3) is 3.92. The molecule has 1 aliphatic heterocycles. The lowest BCUT2D eigenvalue weighted by atomic mass is 9.87. The number of hydrogen-bond acceptors (Lipinski definition) is 1. The third-order valence-electron chi connectivity index (χ3n) is 5.08. The lowest BCUT2D eigenvalue weighted by molar-refractivity contribution is 0.204. The average molecular weight is 305 g/mol. The Hall–Kier alpha value is -1.86. The molecule has 0 N–H and O–H groups in total. The van der Waals surface area contributed by atoms with Crippen LogP contribution in [-0.4, -0.2) is 18.0 Å². The summed E-state index contributed by atoms with van der Waals surface area (Å²) in [5.74, 6) is 0.714. The maximum atomic E-state index is 3.92. The van der Waals surface area contributed by atoms with Crippen molar-refractivity contribution >= 4 is 6.08 Å². The van der Waals surface area contributed by atoms with Crippen LogP contribution < -0.4 is 0 Å². The van der Waals surface area contributed by atoms with Crippen molar-refractivity contribution in [3.05, 3.63) is 77.4 Å². The molecule has 0 aliphatic carbocycles. The zero-order valence-electron chi connectivity index (χ0n) is 14.2. The molecule has 0 amide bonds. The molecule has 23 heavy (non-hydrogen) atoms. The van der Waals surface area contributed by atoms with Crippen molar-refractivity contribution in [2.75, 3.05) is 13.1 Å². The fraction of sp³-hybridized carbons (Fsp3) is 0.364. The molecule has 1 fully saturated rings. The molecular formula is C22H27N. The van der Waals surface area contributed by atoms with Gasteiger partial charge >= 0.3 is 0 Å². The Bertz CT molecular complexity index is 636. The van der Waals surface area contributed by atoms with Gasteiger partial charge < -0.3 is 0 Å². The Kier molecular flexibility index (Phi) is 5.30. The Labute approximate surface area is 140 Å². The first kappa shape index (κ1) is 16.0. The highest BCUT2D eigenvalue weighted by Crippen LogP contribution is 2.30. The number of benzene rings is 2. The van der Waals surface area contributed by atoms with Crippen molar-refractivity contribution < 1.29 is 0 Å². The highest BCUT2D eigenvalue weighted by atomic mass is 15.1. The summed E-state index contributed by atoms with van der Waals surface area (Å²) in [6.45, 7) is 9.64. The molecule has 1 heterocycles. The Morgan fingerprint density at radius 3 is 2.48 bits per heavy atom. The summed E-state index contributed by atoms with van der Waals surface area (Å²) in [5, 5.41) is 0. The minimum absolute atomic E-state index is 0.714. The molecule has 1 aliphatic rings. The van der Waals surface area contributed by atoms with Gasteiger partial charge in [-0.1, -0.05) is 68.1 Å². The first-order valence-corrected chi connectivity index (χ1v) is 8.81. The number of aryl methyl sites for hydroxylation is 1. The van der Waals surface area contributed by atoms with Crippen LogP contribution in [0.1, 0.15) is 47.9 Å². The summed E-state index contributed by atoms with van der Waals surface area (Å²) in [6.07, 6.45) is 5.60. The van der Waals surface area contributed by atoms with Gasteiger partial charge in [0.15, 0.2) is 0 Å². The molecule has 0 bridgehead atoms. The second kappa shape index (κ2) is 7.61. The van der Waals surface area contributed by atoms with E-state index in [4.69, 9.17) is 0 Å². The van der Waals surface area contributed by atoms with E-state index in [0.717, 1.165) is 13.0 Å². The minimum atomic E-state index is 0.714. The molecule has 1 nitrogen and oxygen atoms in total. The SMILES string of the molecule is C=Cc1ccc(C2CCN(Cc3ccccc3)CC2)cc1CC. The number of likely N-dealkylation sites (tertiary alicyclic amines) is 1. The maximum absolute atomic E-state index is 3.92. The van der Waals surface area contributed by atoms with Gasteiger partial charge in [-0.3, -0.25) is 4.90 Å². The smallest absolute Gasteiger partial charge is 0.0233 e. The summed E-state index contributed by atoms with van der Waals surface area (Å²) in [5.41, 5.74) is 5.67. The molecular weight excluding hydrogens is 278 g/mol. The molecule has 0 spiro atoms. The van der Waals surface area contributed by atoms with E-state index in [1.54, 1.807) is 0 Å². The number of piperidine rings is 1. The van der Waals surface area contributed by atoms with Crippen LogP contribution in [0.4, 0.5) is 0 Å². The van der Waals surface area contributed by atoms with Gasteiger partial charge in [0.05, 0.1) is 0 Å². The fourth-order valence-electron chi connectivity index (χ4n) is 3.65. The van der Waals surface area contributed by atoms with Crippen LogP contribution in [-0.2, 0) is 13.0 Å². The predicted molar refractivity (Wildman–Crippen MR) is 99.6 cm³/mol. The summed E-state index contributed by atoms with van der Waals surface area (Å²) in [4.78, 5) is 2.59. The van der Waals surface area contributed by atoms with Crippen molar-refractivity contribution in [1.82, 2.24) is 4.90 Å². The number of rotatable bonds is 5. The van der Waals surface area contributed by atoms with Crippen molar-refractivity contribution in [2.45, 2.75) is 38.6 Å². The molecule has 3 rings (SSSR count). The van der Waals surface area contributed by atoms with Crippen LogP contribution in [0.15, 0.2) is 55.1 Å². The van der Waals surface area contributed by atoms with E-state index in [1.165, 1.54) is 48.2 Å². The van der Waals surface area contributed by atoms with E-state index in [9.17, 15) is 0 Å². The molecule has 0 atom stereocenters. The van der Waals surface area contributed by atoms with E-state index in [1.807, 2.05) is 6.08 Å². The average Bonchev–Trinajstić information content (AvgIpc) is 2.62. The van der Waals surface area contributed by atoms with Gasteiger partial charge in [0, 0.05) is 6.54 Å². The summed E-state index contributed by atoms with van der Waals surface area (Å²) >= 11 is 0. The highest BCUT2D eigenvalue weighted by Gasteiger charge is 2.21. The first-order valence-electron chi connectivity index (χ1n) is 8.81. The van der Waals surface area contributed by atoms with Gasteiger partial charge in [-0.05, 0) is 60.5 Å². The van der Waals surface area contributed by atoms with E-state index < -0.39 is 0 Å². The number of hydrogen-bond donors (Lipinski definition) is 0. The van der Waals surface area contributed by atoms with Crippen molar-refractivity contribution in [3.63, 3.8) is 0 Å². The molecule has 2 aromatic rings. The quantitative estimate of drug-likeness (QED) is 0.727. The predicted octanol–water partition coefficient (Wildman–Crippen LogP) is 5.27. The Morgan fingerprint density at radius 1 is 1.09 bits per heavy atom. The lowest BCUT2D eigenvalue weighted by Crippen LogP contribution is -2.32. The molecule has 120 valence electrons. The van der Waals surface area contributed by atoms with E-state index in [-0.39, 0.29) is 0 Å². The molecule has 0 saturated carbocycles. The summed E-state index contributed by atoms with van der Waals surface area (Å²) in [7, 11) is 0. The zero-order chi connectivity index (χ0) is 16.1. The van der Waals surface area contributed by atoms with Crippen LogP contribution in [0.25, 0.3) is 6.08 Å². The standard InChI is InChI=1S/C22H27N/c1-3-19-10-11-22(16-20(19)4-2)21-12-14-23(15-13-21)17-18-8-6-5-7-9-18/h3,5-11,16,21H,1,4,12-15,17H2,2H3. The van der Waals surface area contributed by atoms with Gasteiger partial charge in [-0.25, -0.2) is 0 Å². The summed E-state index contributed by atoms with van der Waals surface area (Å²) < 4.78 is 0. The van der Waals surface area contributed by atoms with Gasteiger partial charge in [0.2, 0.25) is 0 Å². The van der Waals surface area contributed by atoms with Crippen molar-refractivity contribution in [2.24, 2.45) is 0 Å². The van der Waals surface area contributed by atoms with Crippen LogP contribution in [0.5, 0.6) is 0 Å². The second-order valence-corrected chi connectivity index (χ2v) is 6.55. The Balaban J connectivity index is 1.61. The van der Waals surface area contributed by atoms with Crippen molar-refractivity contribution in [3.8, 4) is 0 Å². The summed E-state index contributed by atoms with van der Waals surface area (Å²) in [6, 6.07) is 17.8. The fourth-order valence-corrected chi connectivity index (χ4v) is 3.65. The molecule has 0 radical (unpaired) electrons. The van der Waals surface area contributed by atoms with E-state index >= 15 is 0 Å². The van der Waals surface area contributed by atoms with Crippen molar-refractivity contribution in [1.29, 1.82) is 0 Å². The van der Waals surface area contributed by atoms with Crippen LogP contribution in [0.2, 0.25) is 0 Å². The van der Waals surface area contributed by atoms with Gasteiger partial charge in [0.25, 0.3) is 0 Å². The molecule has 0 unspecified atom stereocenters. The zero-order valence-corrected chi connectivity index (χ0v) is 14.2. The second-order valence-electron chi connectivity index (χ2n) is 6.55. The van der Waals surface area contributed by atoms with Gasteiger partial charge in [-0.2, -0.15) is 0 Å². The minimum Gasteiger partial charge on any atom is -0.299 e. The van der Waals surface area contributed by atoms with Gasteiger partial charge in [0.1, 0.15) is 0 Å². The van der Waals surface area contributed by atoms with Crippen LogP contribution >= 0.6 is 0 Å². The molecule has 2 aromatic carbocycles. The highest BCUT2D eigenvalue weighted by molar-refractivity contribution is 5.53.